The molecule has 0 radical (unpaired) electrons. The monoisotopic (exact) mass is 417 g/mol. The summed E-state index contributed by atoms with van der Waals surface area (Å²) in [5.41, 5.74) is 1.07. The number of thioether (sulfide) groups is 1. The van der Waals surface area contributed by atoms with Gasteiger partial charge in [-0.05, 0) is 31.6 Å². The first-order chi connectivity index (χ1) is 13.3. The standard InChI is InChI=1S/C19H19N3O4S2/c1-19(2)17(20(18(27)28-19)13-14-7-4-3-5-8-14)21(23)12-6-9-15-10-11-16(26-15)22(24)25/h3-12,17H,13H2,1-2H3/b9-6+,21-12-. The molecule has 1 aliphatic heterocycles. The molecule has 1 atom stereocenters. The van der Waals surface area contributed by atoms with Crippen molar-refractivity contribution < 1.29 is 14.1 Å². The lowest BCUT2D eigenvalue weighted by molar-refractivity contribution is -0.524. The zero-order chi connectivity index (χ0) is 20.3. The Balaban J connectivity index is 1.80. The number of rotatable bonds is 6. The molecule has 0 saturated carbocycles. The van der Waals surface area contributed by atoms with Crippen molar-refractivity contribution in [2.75, 3.05) is 0 Å². The molecule has 1 saturated heterocycles. The summed E-state index contributed by atoms with van der Waals surface area (Å²) in [6.45, 7) is 4.51. The first-order valence-electron chi connectivity index (χ1n) is 8.53. The van der Waals surface area contributed by atoms with Gasteiger partial charge in [-0.2, -0.15) is 4.74 Å². The van der Waals surface area contributed by atoms with Crippen LogP contribution < -0.4 is 0 Å². The van der Waals surface area contributed by atoms with Crippen LogP contribution in [0.15, 0.2) is 53.0 Å². The van der Waals surface area contributed by atoms with Crippen LogP contribution in [0.2, 0.25) is 0 Å². The Labute approximate surface area is 172 Å². The summed E-state index contributed by atoms with van der Waals surface area (Å²) in [6, 6.07) is 12.6. The first kappa shape index (κ1) is 20.1. The van der Waals surface area contributed by atoms with Gasteiger partial charge in [0.1, 0.15) is 19.8 Å². The molecule has 0 bridgehead atoms. The van der Waals surface area contributed by atoms with Crippen LogP contribution in [0.3, 0.4) is 0 Å². The van der Waals surface area contributed by atoms with Gasteiger partial charge in [0.2, 0.25) is 0 Å². The molecule has 2 aromatic rings. The number of hydroxylamine groups is 1. The van der Waals surface area contributed by atoms with Crippen molar-refractivity contribution in [1.29, 1.82) is 0 Å². The van der Waals surface area contributed by atoms with Gasteiger partial charge in [-0.1, -0.05) is 54.3 Å². The van der Waals surface area contributed by atoms with Gasteiger partial charge >= 0.3 is 5.88 Å². The number of thiocarbonyl (C=S) groups is 1. The van der Waals surface area contributed by atoms with Gasteiger partial charge < -0.3 is 9.62 Å². The Bertz CT molecular complexity index is 938. The van der Waals surface area contributed by atoms with Crippen LogP contribution in [0, 0.1) is 15.3 Å². The third kappa shape index (κ3) is 4.42. The van der Waals surface area contributed by atoms with E-state index in [4.69, 9.17) is 16.6 Å². The Hall–Kier alpha value is -2.65. The van der Waals surface area contributed by atoms with Crippen LogP contribution >= 0.6 is 24.0 Å². The second-order valence-electron chi connectivity index (χ2n) is 6.76. The Kier molecular flexibility index (Phi) is 5.85. The molecular formula is C19H19N3O4S2. The van der Waals surface area contributed by atoms with E-state index in [2.05, 4.69) is 0 Å². The average Bonchev–Trinajstić information content (AvgIpc) is 3.18. The normalized spacial score (nSPS) is 19.5. The summed E-state index contributed by atoms with van der Waals surface area (Å²) in [5.74, 6) is -0.0422. The number of hydrogen-bond acceptors (Lipinski definition) is 6. The van der Waals surface area contributed by atoms with Crippen LogP contribution in [0.25, 0.3) is 6.08 Å². The van der Waals surface area contributed by atoms with Crippen LogP contribution in [0.1, 0.15) is 25.2 Å². The fourth-order valence-corrected chi connectivity index (χ4v) is 4.90. The zero-order valence-corrected chi connectivity index (χ0v) is 17.0. The molecule has 9 heteroatoms. The molecule has 2 heterocycles. The van der Waals surface area contributed by atoms with Crippen molar-refractivity contribution in [3.63, 3.8) is 0 Å². The van der Waals surface area contributed by atoms with Crippen molar-refractivity contribution in [1.82, 2.24) is 4.90 Å². The van der Waals surface area contributed by atoms with Gasteiger partial charge in [0.15, 0.2) is 6.21 Å². The summed E-state index contributed by atoms with van der Waals surface area (Å²) in [6.07, 6.45) is 3.92. The van der Waals surface area contributed by atoms with Gasteiger partial charge in [-0.3, -0.25) is 15.0 Å². The fourth-order valence-electron chi connectivity index (χ4n) is 3.02. The van der Waals surface area contributed by atoms with Gasteiger partial charge in [-0.25, -0.2) is 0 Å². The summed E-state index contributed by atoms with van der Waals surface area (Å²) in [5, 5.41) is 23.5. The molecule has 0 N–H and O–H groups in total. The summed E-state index contributed by atoms with van der Waals surface area (Å²) in [7, 11) is 0. The highest BCUT2D eigenvalue weighted by atomic mass is 32.2. The highest BCUT2D eigenvalue weighted by molar-refractivity contribution is 8.24. The van der Waals surface area contributed by atoms with E-state index in [1.54, 1.807) is 0 Å². The van der Waals surface area contributed by atoms with Crippen molar-refractivity contribution in [2.45, 2.75) is 31.3 Å². The maximum Gasteiger partial charge on any atom is 0.433 e. The lowest BCUT2D eigenvalue weighted by atomic mass is 10.1. The SMILES string of the molecule is CC1(C)SC(=S)N(Cc2ccccc2)C1/[N+]([O-])=C/C=C/c1ccc([N+](=O)[O-])o1. The number of allylic oxidation sites excluding steroid dienone is 1. The van der Waals surface area contributed by atoms with Gasteiger partial charge in [-0.15, -0.1) is 0 Å². The minimum Gasteiger partial charge on any atom is -0.622 e. The summed E-state index contributed by atoms with van der Waals surface area (Å²) < 4.78 is 6.19. The maximum absolute atomic E-state index is 12.9. The van der Waals surface area contributed by atoms with E-state index >= 15 is 0 Å². The van der Waals surface area contributed by atoms with E-state index in [0.717, 1.165) is 10.3 Å². The topological polar surface area (TPSA) is 85.6 Å². The molecule has 1 unspecified atom stereocenters. The second kappa shape index (κ2) is 8.15. The number of nitrogens with zero attached hydrogens (tertiary/aromatic N) is 3. The lowest BCUT2D eigenvalue weighted by Crippen LogP contribution is -2.47. The second-order valence-corrected chi connectivity index (χ2v) is 9.05. The number of nitro groups is 1. The highest BCUT2D eigenvalue weighted by Crippen LogP contribution is 2.42. The highest BCUT2D eigenvalue weighted by Gasteiger charge is 2.50. The quantitative estimate of drug-likeness (QED) is 0.172. The predicted molar refractivity (Wildman–Crippen MR) is 114 cm³/mol. The van der Waals surface area contributed by atoms with E-state index in [-0.39, 0.29) is 5.88 Å². The molecular weight excluding hydrogens is 398 g/mol. The van der Waals surface area contributed by atoms with E-state index in [1.807, 2.05) is 49.1 Å². The number of furan rings is 1. The minimum atomic E-state index is -0.609. The molecule has 28 heavy (non-hydrogen) atoms. The van der Waals surface area contributed by atoms with E-state index in [0.29, 0.717) is 16.6 Å². The fraction of sp³-hybridized carbons (Fsp3) is 0.263. The lowest BCUT2D eigenvalue weighted by Gasteiger charge is -2.29. The number of hydrogen-bond donors (Lipinski definition) is 0. The molecule has 146 valence electrons. The Morgan fingerprint density at radius 3 is 2.61 bits per heavy atom. The van der Waals surface area contributed by atoms with Crippen molar-refractivity contribution in [3.05, 3.63) is 75.2 Å². The van der Waals surface area contributed by atoms with Crippen molar-refractivity contribution in [2.24, 2.45) is 0 Å². The third-order valence-electron chi connectivity index (χ3n) is 4.22. The summed E-state index contributed by atoms with van der Waals surface area (Å²) >= 11 is 7.01. The molecule has 0 amide bonds. The first-order valence-corrected chi connectivity index (χ1v) is 9.75. The van der Waals surface area contributed by atoms with Crippen LogP contribution in [-0.2, 0) is 6.54 Å². The van der Waals surface area contributed by atoms with Crippen molar-refractivity contribution in [3.8, 4) is 0 Å². The van der Waals surface area contributed by atoms with Crippen molar-refractivity contribution >= 4 is 46.5 Å². The molecule has 0 spiro atoms. The average molecular weight is 418 g/mol. The molecule has 3 rings (SSSR count). The maximum atomic E-state index is 12.9. The van der Waals surface area contributed by atoms with E-state index in [9.17, 15) is 15.3 Å². The zero-order valence-electron chi connectivity index (χ0n) is 15.3. The van der Waals surface area contributed by atoms with Gasteiger partial charge in [0.25, 0.3) is 6.17 Å². The molecule has 1 aromatic carbocycles. The summed E-state index contributed by atoms with van der Waals surface area (Å²) in [4.78, 5) is 12.0. The van der Waals surface area contributed by atoms with E-state index in [1.165, 1.54) is 42.3 Å². The molecule has 0 aliphatic carbocycles. The third-order valence-corrected chi connectivity index (χ3v) is 5.86. The molecule has 1 fully saturated rings. The predicted octanol–water partition coefficient (Wildman–Crippen LogP) is 4.42. The van der Waals surface area contributed by atoms with Crippen LogP contribution in [-0.4, -0.2) is 36.0 Å². The Morgan fingerprint density at radius 1 is 1.25 bits per heavy atom. The Morgan fingerprint density at radius 2 is 1.96 bits per heavy atom. The van der Waals surface area contributed by atoms with Crippen LogP contribution in [0.5, 0.6) is 0 Å². The number of benzene rings is 1. The molecule has 1 aliphatic rings. The smallest absolute Gasteiger partial charge is 0.433 e. The largest absolute Gasteiger partial charge is 0.622 e. The van der Waals surface area contributed by atoms with Gasteiger partial charge in [0.05, 0.1) is 12.6 Å². The minimum absolute atomic E-state index is 0.299. The van der Waals surface area contributed by atoms with E-state index < -0.39 is 15.8 Å². The van der Waals surface area contributed by atoms with Gasteiger partial charge in [0, 0.05) is 6.08 Å². The molecule has 7 nitrogen and oxygen atoms in total. The van der Waals surface area contributed by atoms with Crippen LogP contribution in [0.4, 0.5) is 5.88 Å². The molecule has 1 aromatic heterocycles.